The molecule has 0 amide bonds. The highest BCUT2D eigenvalue weighted by molar-refractivity contribution is 5.77. The zero-order valence-electron chi connectivity index (χ0n) is 13.1. The van der Waals surface area contributed by atoms with E-state index in [2.05, 4.69) is 18.7 Å². The molecule has 1 saturated carbocycles. The van der Waals surface area contributed by atoms with Gasteiger partial charge in [-0.1, -0.05) is 39.5 Å². The fourth-order valence-corrected chi connectivity index (χ4v) is 3.60. The summed E-state index contributed by atoms with van der Waals surface area (Å²) in [5, 5.41) is 9.44. The predicted molar refractivity (Wildman–Crippen MR) is 79.4 cm³/mol. The van der Waals surface area contributed by atoms with Gasteiger partial charge in [-0.3, -0.25) is 9.69 Å². The molecule has 0 heterocycles. The van der Waals surface area contributed by atoms with Crippen molar-refractivity contribution >= 4 is 5.97 Å². The van der Waals surface area contributed by atoms with E-state index in [1.165, 1.54) is 32.1 Å². The maximum atomic E-state index is 11.5. The first-order valence-electron chi connectivity index (χ1n) is 7.93. The molecule has 19 heavy (non-hydrogen) atoms. The second-order valence-corrected chi connectivity index (χ2v) is 6.47. The van der Waals surface area contributed by atoms with Crippen molar-refractivity contribution in [3.8, 4) is 0 Å². The fourth-order valence-electron chi connectivity index (χ4n) is 3.60. The highest BCUT2D eigenvalue weighted by atomic mass is 16.4. The minimum Gasteiger partial charge on any atom is -0.480 e. The summed E-state index contributed by atoms with van der Waals surface area (Å²) in [7, 11) is 0. The van der Waals surface area contributed by atoms with Crippen molar-refractivity contribution in [1.29, 1.82) is 0 Å². The Kier molecular flexibility index (Phi) is 6.31. The molecule has 0 aromatic rings. The molecule has 0 aliphatic heterocycles. The highest BCUT2D eigenvalue weighted by Crippen LogP contribution is 2.32. The quantitative estimate of drug-likeness (QED) is 0.743. The Morgan fingerprint density at radius 1 is 1.21 bits per heavy atom. The lowest BCUT2D eigenvalue weighted by molar-refractivity contribution is -0.151. The molecule has 1 N–H and O–H groups in total. The molecule has 0 spiro atoms. The normalized spacial score (nSPS) is 25.3. The van der Waals surface area contributed by atoms with Gasteiger partial charge >= 0.3 is 5.97 Å². The lowest BCUT2D eigenvalue weighted by Gasteiger charge is -2.40. The summed E-state index contributed by atoms with van der Waals surface area (Å²) in [6.45, 7) is 8.84. The first-order valence-corrected chi connectivity index (χ1v) is 7.93. The zero-order chi connectivity index (χ0) is 14.5. The largest absolute Gasteiger partial charge is 0.480 e. The van der Waals surface area contributed by atoms with Crippen LogP contribution in [0, 0.1) is 5.92 Å². The number of likely N-dealkylation sites (N-methyl/N-ethyl adjacent to an activating group) is 1. The molecule has 1 fully saturated rings. The average Bonchev–Trinajstić information content (AvgIpc) is 2.56. The van der Waals surface area contributed by atoms with Crippen molar-refractivity contribution in [2.45, 2.75) is 84.2 Å². The lowest BCUT2D eigenvalue weighted by atomic mass is 9.94. The van der Waals surface area contributed by atoms with E-state index in [9.17, 15) is 9.90 Å². The van der Waals surface area contributed by atoms with Crippen LogP contribution in [0.15, 0.2) is 0 Å². The Morgan fingerprint density at radius 2 is 1.89 bits per heavy atom. The van der Waals surface area contributed by atoms with E-state index in [-0.39, 0.29) is 0 Å². The first kappa shape index (κ1) is 16.5. The maximum Gasteiger partial charge on any atom is 0.323 e. The Morgan fingerprint density at radius 3 is 2.42 bits per heavy atom. The molecule has 0 saturated heterocycles. The van der Waals surface area contributed by atoms with Crippen molar-refractivity contribution in [1.82, 2.24) is 4.90 Å². The molecular weight excluding hydrogens is 238 g/mol. The van der Waals surface area contributed by atoms with Gasteiger partial charge in [0.05, 0.1) is 0 Å². The summed E-state index contributed by atoms with van der Waals surface area (Å²) < 4.78 is 0. The topological polar surface area (TPSA) is 40.5 Å². The number of carbonyl (C=O) groups is 1. The van der Waals surface area contributed by atoms with Crippen molar-refractivity contribution in [2.75, 3.05) is 6.54 Å². The van der Waals surface area contributed by atoms with Crippen LogP contribution in [-0.4, -0.2) is 34.1 Å². The second-order valence-electron chi connectivity index (χ2n) is 6.47. The van der Waals surface area contributed by atoms with Gasteiger partial charge in [-0.2, -0.15) is 0 Å². The van der Waals surface area contributed by atoms with Crippen LogP contribution in [0.25, 0.3) is 0 Å². The van der Waals surface area contributed by atoms with Crippen LogP contribution in [-0.2, 0) is 4.79 Å². The third-order valence-electron chi connectivity index (χ3n) is 4.78. The summed E-state index contributed by atoms with van der Waals surface area (Å²) in [5.41, 5.74) is -0.746. The van der Waals surface area contributed by atoms with Gasteiger partial charge in [-0.05, 0) is 45.6 Å². The number of hydrogen-bond donors (Lipinski definition) is 1. The smallest absolute Gasteiger partial charge is 0.323 e. The van der Waals surface area contributed by atoms with Crippen LogP contribution in [0.1, 0.15) is 72.6 Å². The molecule has 0 aromatic heterocycles. The fraction of sp³-hybridized carbons (Fsp3) is 0.938. The summed E-state index contributed by atoms with van der Waals surface area (Å²) in [6.07, 6.45) is 8.77. The van der Waals surface area contributed by atoms with Gasteiger partial charge in [0.15, 0.2) is 0 Å². The molecule has 0 radical (unpaired) electrons. The summed E-state index contributed by atoms with van der Waals surface area (Å²) in [5.74, 6) is 0.158. The summed E-state index contributed by atoms with van der Waals surface area (Å²) >= 11 is 0. The van der Waals surface area contributed by atoms with E-state index < -0.39 is 11.5 Å². The second kappa shape index (κ2) is 7.28. The molecule has 3 nitrogen and oxygen atoms in total. The molecule has 1 aliphatic carbocycles. The number of rotatable bonds is 6. The minimum atomic E-state index is -0.746. The molecule has 0 aromatic carbocycles. The van der Waals surface area contributed by atoms with E-state index in [4.69, 9.17) is 0 Å². The molecule has 1 aliphatic rings. The summed E-state index contributed by atoms with van der Waals surface area (Å²) in [6, 6.07) is 0.443. The van der Waals surface area contributed by atoms with Gasteiger partial charge in [0.1, 0.15) is 5.54 Å². The van der Waals surface area contributed by atoms with E-state index >= 15 is 0 Å². The third-order valence-corrected chi connectivity index (χ3v) is 4.78. The first-order chi connectivity index (χ1) is 8.93. The van der Waals surface area contributed by atoms with Crippen LogP contribution in [0.2, 0.25) is 0 Å². The van der Waals surface area contributed by atoms with Crippen LogP contribution >= 0.6 is 0 Å². The Labute approximate surface area is 118 Å². The molecule has 3 heteroatoms. The predicted octanol–water partition coefficient (Wildman–Crippen LogP) is 3.92. The van der Waals surface area contributed by atoms with Crippen molar-refractivity contribution in [3.05, 3.63) is 0 Å². The van der Waals surface area contributed by atoms with Crippen LogP contribution in [0.4, 0.5) is 0 Å². The van der Waals surface area contributed by atoms with E-state index in [0.29, 0.717) is 6.04 Å². The molecule has 2 unspecified atom stereocenters. The Bertz CT molecular complexity index is 288. The number of aliphatic carboxylic acids is 1. The number of hydrogen-bond acceptors (Lipinski definition) is 2. The Hall–Kier alpha value is -0.570. The zero-order valence-corrected chi connectivity index (χ0v) is 13.1. The van der Waals surface area contributed by atoms with Crippen LogP contribution < -0.4 is 0 Å². The van der Waals surface area contributed by atoms with Gasteiger partial charge in [0, 0.05) is 6.04 Å². The van der Waals surface area contributed by atoms with Crippen molar-refractivity contribution < 1.29 is 9.90 Å². The van der Waals surface area contributed by atoms with Crippen molar-refractivity contribution in [2.24, 2.45) is 5.92 Å². The van der Waals surface area contributed by atoms with E-state index in [1.54, 1.807) is 0 Å². The molecule has 2 atom stereocenters. The van der Waals surface area contributed by atoms with Gasteiger partial charge in [0.2, 0.25) is 0 Å². The third kappa shape index (κ3) is 4.20. The monoisotopic (exact) mass is 269 g/mol. The van der Waals surface area contributed by atoms with E-state index in [0.717, 1.165) is 25.3 Å². The van der Waals surface area contributed by atoms with Gasteiger partial charge in [-0.25, -0.2) is 0 Å². The molecular formula is C16H31NO2. The number of carboxylic acid groups (broad SMARTS) is 1. The standard InChI is InChI=1S/C16H31NO2/c1-5-8-13-9-7-10-14(12-11-13)17(6-2)16(3,4)15(18)19/h13-14H,5-12H2,1-4H3,(H,18,19). The molecule has 0 bridgehead atoms. The van der Waals surface area contributed by atoms with Gasteiger partial charge in [0.25, 0.3) is 0 Å². The van der Waals surface area contributed by atoms with Crippen molar-refractivity contribution in [3.63, 3.8) is 0 Å². The summed E-state index contributed by atoms with van der Waals surface area (Å²) in [4.78, 5) is 13.7. The highest BCUT2D eigenvalue weighted by Gasteiger charge is 2.38. The molecule has 1 rings (SSSR count). The van der Waals surface area contributed by atoms with Gasteiger partial charge in [-0.15, -0.1) is 0 Å². The van der Waals surface area contributed by atoms with Gasteiger partial charge < -0.3 is 5.11 Å². The van der Waals surface area contributed by atoms with E-state index in [1.807, 2.05) is 13.8 Å². The number of carboxylic acids is 1. The average molecular weight is 269 g/mol. The SMILES string of the molecule is CCCC1CCCC(N(CC)C(C)(C)C(=O)O)CC1. The van der Waals surface area contributed by atoms with Crippen LogP contribution in [0.3, 0.4) is 0 Å². The lowest BCUT2D eigenvalue weighted by Crippen LogP contribution is -2.54. The van der Waals surface area contributed by atoms with Crippen LogP contribution in [0.5, 0.6) is 0 Å². The molecule has 112 valence electrons. The number of nitrogens with zero attached hydrogens (tertiary/aromatic N) is 1. The Balaban J connectivity index is 2.69. The minimum absolute atomic E-state index is 0.443. The maximum absolute atomic E-state index is 11.5.